The molecule has 1 amide bonds. The number of hydrazone groups is 1. The number of benzene rings is 1. The molecule has 0 saturated carbocycles. The summed E-state index contributed by atoms with van der Waals surface area (Å²) in [6.45, 7) is 0. The van der Waals surface area contributed by atoms with Crippen LogP contribution in [0.2, 0.25) is 0 Å². The monoisotopic (exact) mass is 310 g/mol. The number of aromatic amines is 1. The van der Waals surface area contributed by atoms with Crippen molar-refractivity contribution in [3.8, 4) is 0 Å². The van der Waals surface area contributed by atoms with E-state index < -0.39 is 0 Å². The van der Waals surface area contributed by atoms with Crippen molar-refractivity contribution in [1.82, 2.24) is 15.4 Å². The van der Waals surface area contributed by atoms with E-state index in [2.05, 4.69) is 20.5 Å². The lowest BCUT2D eigenvalue weighted by molar-refractivity contribution is -0.118. The Labute approximate surface area is 131 Å². The molecule has 0 aliphatic rings. The summed E-state index contributed by atoms with van der Waals surface area (Å²) in [5.74, 6) is 0.120. The van der Waals surface area contributed by atoms with Crippen LogP contribution < -0.4 is 5.43 Å². The lowest BCUT2D eigenvalue weighted by atomic mass is 10.2. The molecule has 0 radical (unpaired) electrons. The third-order valence-electron chi connectivity index (χ3n) is 3.00. The number of nitrogens with zero attached hydrogens (tertiary/aromatic N) is 2. The largest absolute Gasteiger partial charge is 0.361 e. The SMILES string of the molecule is O=C(CSc1ccccn1)NN=Cc1c[nH]c2ccccc12. The average molecular weight is 310 g/mol. The van der Waals surface area contributed by atoms with Crippen molar-refractivity contribution in [3.63, 3.8) is 0 Å². The van der Waals surface area contributed by atoms with Crippen molar-refractivity contribution < 1.29 is 4.79 Å². The minimum absolute atomic E-state index is 0.160. The summed E-state index contributed by atoms with van der Waals surface area (Å²) in [5, 5.41) is 5.89. The van der Waals surface area contributed by atoms with Gasteiger partial charge >= 0.3 is 0 Å². The number of amides is 1. The van der Waals surface area contributed by atoms with Crippen molar-refractivity contribution in [1.29, 1.82) is 0 Å². The second-order valence-corrected chi connectivity index (χ2v) is 5.54. The number of rotatable bonds is 5. The smallest absolute Gasteiger partial charge is 0.250 e. The molecule has 5 nitrogen and oxygen atoms in total. The van der Waals surface area contributed by atoms with Crippen LogP contribution in [-0.4, -0.2) is 27.8 Å². The molecule has 0 unspecified atom stereocenters. The first kappa shape index (κ1) is 14.3. The second-order valence-electron chi connectivity index (χ2n) is 4.54. The topological polar surface area (TPSA) is 70.1 Å². The molecule has 22 heavy (non-hydrogen) atoms. The summed E-state index contributed by atoms with van der Waals surface area (Å²) in [7, 11) is 0. The van der Waals surface area contributed by atoms with Gasteiger partial charge in [0.1, 0.15) is 0 Å². The Balaban J connectivity index is 1.54. The van der Waals surface area contributed by atoms with Gasteiger partial charge in [-0.25, -0.2) is 10.4 Å². The van der Waals surface area contributed by atoms with Crippen LogP contribution in [0.15, 0.2) is 65.0 Å². The fourth-order valence-electron chi connectivity index (χ4n) is 1.98. The first-order valence-corrected chi connectivity index (χ1v) is 7.73. The maximum Gasteiger partial charge on any atom is 0.250 e. The third kappa shape index (κ3) is 3.53. The average Bonchev–Trinajstić information content (AvgIpc) is 2.97. The molecule has 1 aromatic carbocycles. The van der Waals surface area contributed by atoms with Crippen molar-refractivity contribution in [2.24, 2.45) is 5.10 Å². The van der Waals surface area contributed by atoms with Gasteiger partial charge in [-0.2, -0.15) is 5.10 Å². The number of aromatic nitrogens is 2. The Hall–Kier alpha value is -2.60. The van der Waals surface area contributed by atoms with E-state index >= 15 is 0 Å². The number of carbonyl (C=O) groups is 1. The fourth-order valence-corrected chi connectivity index (χ4v) is 2.63. The molecule has 0 saturated heterocycles. The van der Waals surface area contributed by atoms with Gasteiger partial charge in [-0.3, -0.25) is 4.79 Å². The molecular weight excluding hydrogens is 296 g/mol. The summed E-state index contributed by atoms with van der Waals surface area (Å²) >= 11 is 1.38. The highest BCUT2D eigenvalue weighted by atomic mass is 32.2. The van der Waals surface area contributed by atoms with Crippen LogP contribution in [-0.2, 0) is 4.79 Å². The van der Waals surface area contributed by atoms with E-state index in [4.69, 9.17) is 0 Å². The molecule has 6 heteroatoms. The molecular formula is C16H14N4OS. The van der Waals surface area contributed by atoms with Crippen LogP contribution in [0.5, 0.6) is 0 Å². The van der Waals surface area contributed by atoms with Gasteiger partial charge in [-0.05, 0) is 18.2 Å². The Kier molecular flexibility index (Phi) is 4.50. The molecule has 2 N–H and O–H groups in total. The van der Waals surface area contributed by atoms with Crippen LogP contribution in [0.3, 0.4) is 0 Å². The lowest BCUT2D eigenvalue weighted by Gasteiger charge is -1.99. The highest BCUT2D eigenvalue weighted by Crippen LogP contribution is 2.15. The van der Waals surface area contributed by atoms with Gasteiger partial charge in [-0.15, -0.1) is 0 Å². The van der Waals surface area contributed by atoms with E-state index in [1.165, 1.54) is 11.8 Å². The van der Waals surface area contributed by atoms with Gasteiger partial charge in [-0.1, -0.05) is 36.0 Å². The number of carbonyl (C=O) groups excluding carboxylic acids is 1. The second kappa shape index (κ2) is 6.91. The Morgan fingerprint density at radius 2 is 2.14 bits per heavy atom. The number of hydrogen-bond donors (Lipinski definition) is 2. The van der Waals surface area contributed by atoms with Gasteiger partial charge in [0.25, 0.3) is 0 Å². The number of pyridine rings is 1. The summed E-state index contributed by atoms with van der Waals surface area (Å²) < 4.78 is 0. The van der Waals surface area contributed by atoms with Gasteiger partial charge in [0.2, 0.25) is 5.91 Å². The summed E-state index contributed by atoms with van der Waals surface area (Å²) in [6.07, 6.45) is 5.21. The van der Waals surface area contributed by atoms with Gasteiger partial charge in [0, 0.05) is 28.9 Å². The molecule has 0 aliphatic carbocycles. The molecule has 0 bridgehead atoms. The summed E-state index contributed by atoms with van der Waals surface area (Å²) in [4.78, 5) is 19.0. The molecule has 2 aromatic heterocycles. The molecule has 0 fully saturated rings. The number of thioether (sulfide) groups is 1. The number of nitrogens with one attached hydrogen (secondary N) is 2. The highest BCUT2D eigenvalue weighted by molar-refractivity contribution is 7.99. The van der Waals surface area contributed by atoms with E-state index in [1.54, 1.807) is 12.4 Å². The standard InChI is InChI=1S/C16H14N4OS/c21-15(11-22-16-7-3-4-8-17-16)20-19-10-12-9-18-14-6-2-1-5-13(12)14/h1-10,18H,11H2,(H,20,21). The number of H-pyrrole nitrogens is 1. The Morgan fingerprint density at radius 1 is 1.27 bits per heavy atom. The summed E-state index contributed by atoms with van der Waals surface area (Å²) in [6, 6.07) is 13.5. The van der Waals surface area contributed by atoms with Crippen LogP contribution in [0.1, 0.15) is 5.56 Å². The Bertz CT molecular complexity index is 798. The minimum Gasteiger partial charge on any atom is -0.361 e. The van der Waals surface area contributed by atoms with Crippen LogP contribution in [0.25, 0.3) is 10.9 Å². The summed E-state index contributed by atoms with van der Waals surface area (Å²) in [5.41, 5.74) is 4.50. The van der Waals surface area contributed by atoms with Crippen LogP contribution in [0, 0.1) is 0 Å². The maximum absolute atomic E-state index is 11.7. The zero-order valence-corrected chi connectivity index (χ0v) is 12.5. The Morgan fingerprint density at radius 3 is 3.00 bits per heavy atom. The lowest BCUT2D eigenvalue weighted by Crippen LogP contribution is -2.19. The van der Waals surface area contributed by atoms with E-state index in [0.717, 1.165) is 21.5 Å². The predicted octanol–water partition coefficient (Wildman–Crippen LogP) is 2.81. The van der Waals surface area contributed by atoms with E-state index in [9.17, 15) is 4.79 Å². The number of para-hydroxylation sites is 1. The zero-order chi connectivity index (χ0) is 15.2. The zero-order valence-electron chi connectivity index (χ0n) is 11.7. The van der Waals surface area contributed by atoms with Gasteiger partial charge in [0.05, 0.1) is 17.0 Å². The van der Waals surface area contributed by atoms with Crippen molar-refractivity contribution >= 4 is 34.8 Å². The van der Waals surface area contributed by atoms with Crippen molar-refractivity contribution in [2.75, 3.05) is 5.75 Å². The van der Waals surface area contributed by atoms with Gasteiger partial charge in [0.15, 0.2) is 0 Å². The predicted molar refractivity (Wildman–Crippen MR) is 89.0 cm³/mol. The quantitative estimate of drug-likeness (QED) is 0.432. The maximum atomic E-state index is 11.7. The highest BCUT2D eigenvalue weighted by Gasteiger charge is 2.03. The van der Waals surface area contributed by atoms with Crippen molar-refractivity contribution in [3.05, 3.63) is 60.4 Å². The minimum atomic E-state index is -0.160. The molecule has 2 heterocycles. The van der Waals surface area contributed by atoms with E-state index in [1.807, 2.05) is 48.7 Å². The number of hydrogen-bond acceptors (Lipinski definition) is 4. The molecule has 3 rings (SSSR count). The van der Waals surface area contributed by atoms with Crippen LogP contribution >= 0.6 is 11.8 Å². The number of fused-ring (bicyclic) bond motifs is 1. The molecule has 0 aliphatic heterocycles. The fraction of sp³-hybridized carbons (Fsp3) is 0.0625. The molecule has 0 spiro atoms. The third-order valence-corrected chi connectivity index (χ3v) is 3.95. The molecule has 3 aromatic rings. The van der Waals surface area contributed by atoms with E-state index in [0.29, 0.717) is 0 Å². The van der Waals surface area contributed by atoms with E-state index in [-0.39, 0.29) is 11.7 Å². The van der Waals surface area contributed by atoms with Crippen LogP contribution in [0.4, 0.5) is 0 Å². The van der Waals surface area contributed by atoms with Crippen molar-refractivity contribution in [2.45, 2.75) is 5.03 Å². The van der Waals surface area contributed by atoms with Gasteiger partial charge < -0.3 is 4.98 Å². The normalized spacial score (nSPS) is 11.1. The molecule has 110 valence electrons. The molecule has 0 atom stereocenters. The first-order valence-electron chi connectivity index (χ1n) is 6.75. The first-order chi connectivity index (χ1) is 10.8.